The van der Waals surface area contributed by atoms with Gasteiger partial charge in [-0.3, -0.25) is 14.5 Å². The number of rotatable bonds is 9. The van der Waals surface area contributed by atoms with E-state index in [1.54, 1.807) is 4.90 Å². The van der Waals surface area contributed by atoms with Crippen molar-refractivity contribution in [3.8, 4) is 11.5 Å². The lowest BCUT2D eigenvalue weighted by Gasteiger charge is -2.34. The van der Waals surface area contributed by atoms with Crippen LogP contribution >= 0.6 is 0 Å². The molecule has 1 saturated heterocycles. The Morgan fingerprint density at radius 2 is 1.61 bits per heavy atom. The molecule has 2 amide bonds. The highest BCUT2D eigenvalue weighted by Gasteiger charge is 2.22. The molecule has 0 saturated carbocycles. The molecule has 0 radical (unpaired) electrons. The molecule has 0 aromatic heterocycles. The summed E-state index contributed by atoms with van der Waals surface area (Å²) in [7, 11) is 0. The number of para-hydroxylation sites is 2. The molecule has 0 atom stereocenters. The minimum Gasteiger partial charge on any atom is -0.490 e. The molecule has 1 fully saturated rings. The lowest BCUT2D eigenvalue weighted by atomic mass is 10.2. The van der Waals surface area contributed by atoms with Crippen LogP contribution in [0.2, 0.25) is 0 Å². The Kier molecular flexibility index (Phi) is 8.23. The first-order valence-electron chi connectivity index (χ1n) is 10.5. The monoisotopic (exact) mass is 429 g/mol. The number of ether oxygens (including phenoxy) is 2. The highest BCUT2D eigenvalue weighted by molar-refractivity contribution is 5.92. The maximum Gasteiger partial charge on any atom is 0.238 e. The number of anilines is 1. The van der Waals surface area contributed by atoms with E-state index in [0.717, 1.165) is 0 Å². The molecule has 0 unspecified atom stereocenters. The zero-order valence-corrected chi connectivity index (χ0v) is 17.7. The van der Waals surface area contributed by atoms with Crippen LogP contribution in [0, 0.1) is 5.82 Å². The maximum absolute atomic E-state index is 12.9. The highest BCUT2D eigenvalue weighted by atomic mass is 19.1. The summed E-state index contributed by atoms with van der Waals surface area (Å²) in [6.07, 6.45) is 0.283. The Bertz CT molecular complexity index is 867. The van der Waals surface area contributed by atoms with Gasteiger partial charge < -0.3 is 19.7 Å². The zero-order valence-electron chi connectivity index (χ0n) is 17.7. The Balaban J connectivity index is 1.36. The number of hydrogen-bond donors (Lipinski definition) is 1. The van der Waals surface area contributed by atoms with E-state index in [0.29, 0.717) is 50.0 Å². The van der Waals surface area contributed by atoms with Crippen LogP contribution in [0.3, 0.4) is 0 Å². The molecule has 1 N–H and O–H groups in total. The summed E-state index contributed by atoms with van der Waals surface area (Å²) in [4.78, 5) is 28.5. The molecule has 3 rings (SSSR count). The number of nitrogens with zero attached hydrogens (tertiary/aromatic N) is 2. The third kappa shape index (κ3) is 6.96. The van der Waals surface area contributed by atoms with Crippen LogP contribution in [0.4, 0.5) is 10.1 Å². The predicted molar refractivity (Wildman–Crippen MR) is 116 cm³/mol. The summed E-state index contributed by atoms with van der Waals surface area (Å²) in [5.74, 6) is 0.832. The molecular formula is C23H28FN3O4. The summed E-state index contributed by atoms with van der Waals surface area (Å²) in [5, 5.41) is 2.75. The summed E-state index contributed by atoms with van der Waals surface area (Å²) in [6, 6.07) is 13.1. The van der Waals surface area contributed by atoms with E-state index in [1.165, 1.54) is 24.3 Å². The van der Waals surface area contributed by atoms with E-state index in [1.807, 2.05) is 36.1 Å². The van der Waals surface area contributed by atoms with Crippen molar-refractivity contribution in [1.82, 2.24) is 9.80 Å². The zero-order chi connectivity index (χ0) is 22.1. The van der Waals surface area contributed by atoms with Crippen LogP contribution in [-0.4, -0.2) is 67.6 Å². The first-order valence-corrected chi connectivity index (χ1v) is 10.5. The van der Waals surface area contributed by atoms with Gasteiger partial charge in [-0.1, -0.05) is 12.1 Å². The van der Waals surface area contributed by atoms with Crippen LogP contribution in [-0.2, 0) is 9.59 Å². The second-order valence-electron chi connectivity index (χ2n) is 7.19. The summed E-state index contributed by atoms with van der Waals surface area (Å²) in [5.41, 5.74) is 0.561. The molecule has 1 aliphatic heterocycles. The SMILES string of the molecule is CCOc1ccccc1OCCC(=O)N1CCN(CC(=O)Nc2ccc(F)cc2)CC1. The van der Waals surface area contributed by atoms with Crippen molar-refractivity contribution in [2.24, 2.45) is 0 Å². The standard InChI is InChI=1S/C23H28FN3O4/c1-2-30-20-5-3-4-6-21(20)31-16-11-23(29)27-14-12-26(13-15-27)17-22(28)25-19-9-7-18(24)8-10-19/h3-10H,2,11-17H2,1H3,(H,25,28). The second-order valence-corrected chi connectivity index (χ2v) is 7.19. The molecule has 166 valence electrons. The molecule has 31 heavy (non-hydrogen) atoms. The average molecular weight is 429 g/mol. The van der Waals surface area contributed by atoms with Crippen molar-refractivity contribution in [1.29, 1.82) is 0 Å². The van der Waals surface area contributed by atoms with Gasteiger partial charge >= 0.3 is 0 Å². The van der Waals surface area contributed by atoms with Crippen molar-refractivity contribution in [3.05, 3.63) is 54.3 Å². The van der Waals surface area contributed by atoms with Crippen molar-refractivity contribution in [3.63, 3.8) is 0 Å². The molecule has 2 aromatic rings. The molecule has 7 nitrogen and oxygen atoms in total. The molecule has 0 bridgehead atoms. The lowest BCUT2D eigenvalue weighted by molar-refractivity contribution is -0.133. The lowest BCUT2D eigenvalue weighted by Crippen LogP contribution is -2.50. The number of carbonyl (C=O) groups excluding carboxylic acids is 2. The van der Waals surface area contributed by atoms with E-state index >= 15 is 0 Å². The van der Waals surface area contributed by atoms with Gasteiger partial charge in [-0.2, -0.15) is 0 Å². The predicted octanol–water partition coefficient (Wildman–Crippen LogP) is 2.78. The van der Waals surface area contributed by atoms with Gasteiger partial charge in [-0.25, -0.2) is 4.39 Å². The van der Waals surface area contributed by atoms with Gasteiger partial charge in [0.2, 0.25) is 11.8 Å². The molecule has 1 aliphatic rings. The van der Waals surface area contributed by atoms with E-state index < -0.39 is 0 Å². The van der Waals surface area contributed by atoms with Crippen molar-refractivity contribution < 1.29 is 23.5 Å². The van der Waals surface area contributed by atoms with Crippen LogP contribution < -0.4 is 14.8 Å². The fourth-order valence-electron chi connectivity index (χ4n) is 3.34. The molecule has 8 heteroatoms. The molecule has 2 aromatic carbocycles. The molecule has 0 spiro atoms. The van der Waals surface area contributed by atoms with Crippen LogP contribution in [0.5, 0.6) is 11.5 Å². The summed E-state index contributed by atoms with van der Waals surface area (Å²) in [6.45, 7) is 5.35. The quantitative estimate of drug-likeness (QED) is 0.664. The Labute approximate surface area is 181 Å². The summed E-state index contributed by atoms with van der Waals surface area (Å²) < 4.78 is 24.2. The number of amides is 2. The number of benzene rings is 2. The third-order valence-corrected chi connectivity index (χ3v) is 4.94. The van der Waals surface area contributed by atoms with Gasteiger partial charge in [0.25, 0.3) is 0 Å². The van der Waals surface area contributed by atoms with Gasteiger partial charge in [-0.15, -0.1) is 0 Å². The Morgan fingerprint density at radius 1 is 0.968 bits per heavy atom. The molecular weight excluding hydrogens is 401 g/mol. The first-order chi connectivity index (χ1) is 15.0. The fraction of sp³-hybridized carbons (Fsp3) is 0.391. The number of hydrogen-bond acceptors (Lipinski definition) is 5. The first kappa shape index (κ1) is 22.6. The summed E-state index contributed by atoms with van der Waals surface area (Å²) >= 11 is 0. The van der Waals surface area contributed by atoms with Gasteiger partial charge in [0.05, 0.1) is 26.2 Å². The topological polar surface area (TPSA) is 71.1 Å². The van der Waals surface area contributed by atoms with Crippen LogP contribution in [0.25, 0.3) is 0 Å². The van der Waals surface area contributed by atoms with Gasteiger partial charge in [0, 0.05) is 31.9 Å². The van der Waals surface area contributed by atoms with E-state index in [9.17, 15) is 14.0 Å². The van der Waals surface area contributed by atoms with Crippen LogP contribution in [0.15, 0.2) is 48.5 Å². The fourth-order valence-corrected chi connectivity index (χ4v) is 3.34. The number of carbonyl (C=O) groups is 2. The number of nitrogens with one attached hydrogen (secondary N) is 1. The van der Waals surface area contributed by atoms with E-state index in [4.69, 9.17) is 9.47 Å². The minimum atomic E-state index is -0.345. The Hall–Kier alpha value is -3.13. The second kappa shape index (κ2) is 11.3. The normalized spacial score (nSPS) is 14.2. The van der Waals surface area contributed by atoms with Crippen LogP contribution in [0.1, 0.15) is 13.3 Å². The smallest absolute Gasteiger partial charge is 0.238 e. The maximum atomic E-state index is 12.9. The Morgan fingerprint density at radius 3 is 2.26 bits per heavy atom. The average Bonchev–Trinajstić information content (AvgIpc) is 2.77. The van der Waals surface area contributed by atoms with Crippen molar-refractivity contribution in [2.45, 2.75) is 13.3 Å². The minimum absolute atomic E-state index is 0.0318. The van der Waals surface area contributed by atoms with Gasteiger partial charge in [0.1, 0.15) is 5.82 Å². The number of piperazine rings is 1. The highest BCUT2D eigenvalue weighted by Crippen LogP contribution is 2.26. The van der Waals surface area contributed by atoms with Gasteiger partial charge in [-0.05, 0) is 43.3 Å². The molecule has 1 heterocycles. The molecule has 0 aliphatic carbocycles. The van der Waals surface area contributed by atoms with Gasteiger partial charge in [0.15, 0.2) is 11.5 Å². The van der Waals surface area contributed by atoms with E-state index in [-0.39, 0.29) is 37.2 Å². The largest absolute Gasteiger partial charge is 0.490 e. The third-order valence-electron chi connectivity index (χ3n) is 4.94. The van der Waals surface area contributed by atoms with E-state index in [2.05, 4.69) is 5.32 Å². The number of halogens is 1. The van der Waals surface area contributed by atoms with Crippen molar-refractivity contribution in [2.75, 3.05) is 51.3 Å². The van der Waals surface area contributed by atoms with Crippen molar-refractivity contribution >= 4 is 17.5 Å².